The monoisotopic (exact) mass is 254 g/mol. The van der Waals surface area contributed by atoms with Crippen LogP contribution in [0.25, 0.3) is 0 Å². The van der Waals surface area contributed by atoms with Crippen LogP contribution in [-0.2, 0) is 10.8 Å². The van der Waals surface area contributed by atoms with Gasteiger partial charge in [-0.05, 0) is 18.2 Å². The topological polar surface area (TPSA) is 54.4 Å². The number of hydrogen-bond donors (Lipinski definition) is 1. The Labute approximate surface area is 91.1 Å². The molecule has 0 fully saturated rings. The molecule has 15 heavy (non-hydrogen) atoms. The normalized spacial score (nSPS) is 12.8. The van der Waals surface area contributed by atoms with Gasteiger partial charge in [-0.3, -0.25) is 0 Å². The van der Waals surface area contributed by atoms with E-state index in [9.17, 15) is 17.8 Å². The Balaban J connectivity index is 3.20. The van der Waals surface area contributed by atoms with Crippen LogP contribution in [0.15, 0.2) is 23.1 Å². The summed E-state index contributed by atoms with van der Waals surface area (Å²) >= 11 is 5.50. The van der Waals surface area contributed by atoms with Gasteiger partial charge in [0.05, 0.1) is 5.56 Å². The minimum absolute atomic E-state index is 0.0427. The highest BCUT2D eigenvalue weighted by Crippen LogP contribution is 2.20. The molecule has 1 unspecified atom stereocenters. The molecule has 0 saturated heterocycles. The fourth-order valence-corrected chi connectivity index (χ4v) is 1.90. The lowest BCUT2D eigenvalue weighted by Crippen LogP contribution is -2.05. The maximum atomic E-state index is 12.1. The molecule has 1 aromatic rings. The first-order chi connectivity index (χ1) is 6.91. The number of carboxylic acid groups (broad SMARTS) is 1. The molecule has 0 radical (unpaired) electrons. The second-order valence-electron chi connectivity index (χ2n) is 2.54. The molecule has 0 aliphatic carbocycles. The number of alkyl halides is 2. The Morgan fingerprint density at radius 3 is 2.47 bits per heavy atom. The Hall–Kier alpha value is -1.01. The quantitative estimate of drug-likeness (QED) is 0.901. The maximum Gasteiger partial charge on any atom is 0.335 e. The summed E-state index contributed by atoms with van der Waals surface area (Å²) in [6.45, 7) is 0. The highest BCUT2D eigenvalue weighted by molar-refractivity contribution is 7.85. The minimum Gasteiger partial charge on any atom is -0.478 e. The fraction of sp³-hybridized carbons (Fsp3) is 0.125. The van der Waals surface area contributed by atoms with E-state index in [1.54, 1.807) is 0 Å². The van der Waals surface area contributed by atoms with E-state index >= 15 is 0 Å². The molecule has 0 spiro atoms. The fourth-order valence-electron chi connectivity index (χ4n) is 0.905. The molecule has 0 heterocycles. The van der Waals surface area contributed by atoms with Crippen molar-refractivity contribution < 1.29 is 22.9 Å². The number of benzene rings is 1. The molecule has 7 heteroatoms. The van der Waals surface area contributed by atoms with Crippen LogP contribution in [0.4, 0.5) is 8.78 Å². The van der Waals surface area contributed by atoms with Gasteiger partial charge < -0.3 is 5.11 Å². The van der Waals surface area contributed by atoms with Crippen LogP contribution in [0, 0.1) is 0 Å². The van der Waals surface area contributed by atoms with E-state index in [1.165, 1.54) is 0 Å². The van der Waals surface area contributed by atoms with Gasteiger partial charge in [0, 0.05) is 9.92 Å². The Morgan fingerprint density at radius 1 is 1.40 bits per heavy atom. The SMILES string of the molecule is O=C(O)c1cc(Cl)cc(S(=O)C(F)F)c1. The molecule has 1 N–H and O–H groups in total. The summed E-state index contributed by atoms with van der Waals surface area (Å²) in [5.74, 6) is -4.38. The molecule has 0 aliphatic rings. The van der Waals surface area contributed by atoms with Crippen LogP contribution in [0.1, 0.15) is 10.4 Å². The summed E-state index contributed by atoms with van der Waals surface area (Å²) in [6, 6.07) is 3.06. The van der Waals surface area contributed by atoms with E-state index in [1.807, 2.05) is 0 Å². The molecule has 82 valence electrons. The maximum absolute atomic E-state index is 12.1. The molecule has 1 atom stereocenters. The number of halogens is 3. The highest BCUT2D eigenvalue weighted by atomic mass is 35.5. The first kappa shape index (κ1) is 12.1. The molecular weight excluding hydrogens is 250 g/mol. The Kier molecular flexibility index (Phi) is 3.76. The van der Waals surface area contributed by atoms with Gasteiger partial charge >= 0.3 is 11.7 Å². The number of carbonyl (C=O) groups is 1. The smallest absolute Gasteiger partial charge is 0.335 e. The van der Waals surface area contributed by atoms with Crippen LogP contribution in [-0.4, -0.2) is 21.0 Å². The Morgan fingerprint density at radius 2 is 2.00 bits per heavy atom. The second-order valence-corrected chi connectivity index (χ2v) is 4.40. The minimum atomic E-state index is -3.06. The number of rotatable bonds is 3. The van der Waals surface area contributed by atoms with Gasteiger partial charge in [0.15, 0.2) is 0 Å². The van der Waals surface area contributed by atoms with Crippen molar-refractivity contribution in [3.05, 3.63) is 28.8 Å². The van der Waals surface area contributed by atoms with Crippen molar-refractivity contribution in [1.29, 1.82) is 0 Å². The van der Waals surface area contributed by atoms with E-state index < -0.39 is 22.5 Å². The average Bonchev–Trinajstić information content (AvgIpc) is 2.15. The van der Waals surface area contributed by atoms with Crippen LogP contribution in [0.2, 0.25) is 5.02 Å². The van der Waals surface area contributed by atoms with Crippen molar-refractivity contribution in [1.82, 2.24) is 0 Å². The van der Waals surface area contributed by atoms with Crippen molar-refractivity contribution in [3.63, 3.8) is 0 Å². The van der Waals surface area contributed by atoms with E-state index in [-0.39, 0.29) is 15.5 Å². The average molecular weight is 255 g/mol. The lowest BCUT2D eigenvalue weighted by atomic mass is 10.2. The third kappa shape index (κ3) is 2.97. The van der Waals surface area contributed by atoms with Crippen molar-refractivity contribution in [2.75, 3.05) is 0 Å². The van der Waals surface area contributed by atoms with Crippen LogP contribution in [0.5, 0.6) is 0 Å². The summed E-state index contributed by atoms with van der Waals surface area (Å²) in [7, 11) is -2.55. The van der Waals surface area contributed by atoms with E-state index in [4.69, 9.17) is 16.7 Å². The summed E-state index contributed by atoms with van der Waals surface area (Å²) < 4.78 is 35.2. The highest BCUT2D eigenvalue weighted by Gasteiger charge is 2.18. The molecule has 0 aliphatic heterocycles. The molecule has 1 rings (SSSR count). The zero-order valence-corrected chi connectivity index (χ0v) is 8.69. The van der Waals surface area contributed by atoms with Crippen molar-refractivity contribution in [2.45, 2.75) is 10.7 Å². The summed E-state index contributed by atoms with van der Waals surface area (Å²) in [6.07, 6.45) is 0. The van der Waals surface area contributed by atoms with E-state index in [2.05, 4.69) is 0 Å². The largest absolute Gasteiger partial charge is 0.478 e. The Bertz CT molecular complexity index is 422. The summed E-state index contributed by atoms with van der Waals surface area (Å²) in [4.78, 5) is 10.3. The van der Waals surface area contributed by atoms with Crippen molar-refractivity contribution >= 4 is 28.4 Å². The molecule has 0 saturated carbocycles. The molecule has 1 aromatic carbocycles. The van der Waals surface area contributed by atoms with Crippen LogP contribution < -0.4 is 0 Å². The molecular formula is C8H5ClF2O3S. The number of hydrogen-bond acceptors (Lipinski definition) is 2. The zero-order valence-electron chi connectivity index (χ0n) is 7.12. The standard InChI is InChI=1S/C8H5ClF2O3S/c9-5-1-4(7(12)13)2-6(3-5)15(14)8(10)11/h1-3,8H,(H,12,13). The lowest BCUT2D eigenvalue weighted by molar-refractivity contribution is 0.0696. The predicted molar refractivity (Wildman–Crippen MR) is 50.8 cm³/mol. The first-order valence-electron chi connectivity index (χ1n) is 3.64. The van der Waals surface area contributed by atoms with Crippen molar-refractivity contribution in [3.8, 4) is 0 Å². The molecule has 0 amide bonds. The third-order valence-electron chi connectivity index (χ3n) is 1.51. The van der Waals surface area contributed by atoms with Gasteiger partial charge in [0.1, 0.15) is 10.8 Å². The van der Waals surface area contributed by atoms with Gasteiger partial charge in [-0.25, -0.2) is 9.00 Å². The summed E-state index contributed by atoms with van der Waals surface area (Å²) in [5.41, 5.74) is -0.272. The molecule has 3 nitrogen and oxygen atoms in total. The van der Waals surface area contributed by atoms with Crippen molar-refractivity contribution in [2.24, 2.45) is 0 Å². The number of aromatic carboxylic acids is 1. The first-order valence-corrected chi connectivity index (χ1v) is 5.23. The van der Waals surface area contributed by atoms with E-state index in [0.717, 1.165) is 18.2 Å². The summed E-state index contributed by atoms with van der Waals surface area (Å²) in [5, 5.41) is 8.57. The zero-order chi connectivity index (χ0) is 11.6. The van der Waals surface area contributed by atoms with Gasteiger partial charge in [0.25, 0.3) is 0 Å². The van der Waals surface area contributed by atoms with E-state index in [0.29, 0.717) is 0 Å². The number of carboxylic acids is 1. The third-order valence-corrected chi connectivity index (χ3v) is 2.75. The van der Waals surface area contributed by atoms with Gasteiger partial charge in [-0.1, -0.05) is 11.6 Å². The second kappa shape index (κ2) is 4.67. The lowest BCUT2D eigenvalue weighted by Gasteiger charge is -2.03. The van der Waals surface area contributed by atoms with Gasteiger partial charge in [0.2, 0.25) is 0 Å². The molecule has 0 bridgehead atoms. The molecule has 0 aromatic heterocycles. The van der Waals surface area contributed by atoms with Crippen LogP contribution >= 0.6 is 11.6 Å². The predicted octanol–water partition coefficient (Wildman–Crippen LogP) is 2.37. The van der Waals surface area contributed by atoms with Crippen LogP contribution in [0.3, 0.4) is 0 Å². The van der Waals surface area contributed by atoms with Gasteiger partial charge in [-0.15, -0.1) is 0 Å². The van der Waals surface area contributed by atoms with Gasteiger partial charge in [-0.2, -0.15) is 8.78 Å².